The van der Waals surface area contributed by atoms with Crippen molar-refractivity contribution in [1.29, 1.82) is 0 Å². The number of aliphatic carboxylic acids is 1. The van der Waals surface area contributed by atoms with E-state index >= 15 is 0 Å². The van der Waals surface area contributed by atoms with E-state index in [2.05, 4.69) is 4.98 Å². The summed E-state index contributed by atoms with van der Waals surface area (Å²) >= 11 is 6.40. The molecule has 0 aliphatic rings. The van der Waals surface area contributed by atoms with Crippen LogP contribution in [0.4, 0.5) is 0 Å². The molecule has 3 aromatic rings. The van der Waals surface area contributed by atoms with Gasteiger partial charge in [-0.25, -0.2) is 4.98 Å². The van der Waals surface area contributed by atoms with Gasteiger partial charge in [0, 0.05) is 18.0 Å². The molecular weight excluding hydrogens is 394 g/mol. The lowest BCUT2D eigenvalue weighted by Crippen LogP contribution is -2.22. The zero-order chi connectivity index (χ0) is 20.8. The summed E-state index contributed by atoms with van der Waals surface area (Å²) in [6.45, 7) is 4.80. The van der Waals surface area contributed by atoms with Crippen LogP contribution < -0.4 is 14.6 Å². The first-order valence-electron chi connectivity index (χ1n) is 9.37. The number of oxazole rings is 1. The van der Waals surface area contributed by atoms with E-state index in [1.54, 1.807) is 30.3 Å². The highest BCUT2D eigenvalue weighted by atomic mass is 35.5. The Morgan fingerprint density at radius 1 is 1.24 bits per heavy atom. The number of rotatable bonds is 9. The van der Waals surface area contributed by atoms with Crippen LogP contribution in [0.3, 0.4) is 0 Å². The molecule has 0 saturated heterocycles. The number of nitrogens with zero attached hydrogens (tertiary/aromatic N) is 1. The van der Waals surface area contributed by atoms with Crippen molar-refractivity contribution >= 4 is 40.3 Å². The highest BCUT2D eigenvalue weighted by molar-refractivity contribution is 6.32. The maximum Gasteiger partial charge on any atom is 0.223 e. The van der Waals surface area contributed by atoms with Crippen LogP contribution in [0.15, 0.2) is 40.8 Å². The number of halogens is 1. The summed E-state index contributed by atoms with van der Waals surface area (Å²) < 4.78 is 17.1. The average Bonchev–Trinajstić information content (AvgIpc) is 3.11. The highest BCUT2D eigenvalue weighted by Crippen LogP contribution is 2.38. The Balaban J connectivity index is 2.05. The number of carboxylic acids is 1. The Labute approximate surface area is 173 Å². The monoisotopic (exact) mass is 414 g/mol. The van der Waals surface area contributed by atoms with Crippen molar-refractivity contribution in [2.45, 2.75) is 26.7 Å². The van der Waals surface area contributed by atoms with Gasteiger partial charge in [-0.3, -0.25) is 0 Å². The predicted octanol–water partition coefficient (Wildman–Crippen LogP) is 4.35. The van der Waals surface area contributed by atoms with Crippen LogP contribution in [-0.4, -0.2) is 24.2 Å². The Hall–Kier alpha value is -2.99. The first-order valence-corrected chi connectivity index (χ1v) is 9.75. The summed E-state index contributed by atoms with van der Waals surface area (Å²) in [4.78, 5) is 15.7. The molecule has 0 fully saturated rings. The van der Waals surface area contributed by atoms with Crippen LogP contribution in [-0.2, 0) is 4.79 Å². The molecule has 0 radical (unpaired) electrons. The lowest BCUT2D eigenvalue weighted by atomic mass is 10.1. The molecule has 1 heterocycles. The smallest absolute Gasteiger partial charge is 0.223 e. The number of carbonyl (C=O) groups excluding carboxylic acids is 1. The fraction of sp³-hybridized carbons (Fsp3) is 0.273. The van der Waals surface area contributed by atoms with E-state index in [4.69, 9.17) is 25.5 Å². The fourth-order valence-corrected chi connectivity index (χ4v) is 3.11. The minimum absolute atomic E-state index is 0.218. The van der Waals surface area contributed by atoms with Gasteiger partial charge in [-0.2, -0.15) is 0 Å². The van der Waals surface area contributed by atoms with Gasteiger partial charge in [0.2, 0.25) is 5.89 Å². The number of benzene rings is 2. The Kier molecular flexibility index (Phi) is 6.77. The van der Waals surface area contributed by atoms with E-state index in [-0.39, 0.29) is 12.3 Å². The van der Waals surface area contributed by atoms with Gasteiger partial charge in [0.1, 0.15) is 5.52 Å². The third-order valence-electron chi connectivity index (χ3n) is 4.03. The third kappa shape index (κ3) is 5.09. The maximum absolute atomic E-state index is 11.3. The van der Waals surface area contributed by atoms with Crippen LogP contribution in [0, 0.1) is 0 Å². The van der Waals surface area contributed by atoms with Crippen molar-refractivity contribution in [3.05, 3.63) is 52.9 Å². The summed E-state index contributed by atoms with van der Waals surface area (Å²) in [6.07, 6.45) is 2.12. The maximum atomic E-state index is 11.3. The number of fused-ring (bicyclic) bond motifs is 1. The van der Waals surface area contributed by atoms with E-state index in [1.807, 2.05) is 26.0 Å². The molecule has 0 amide bonds. The van der Waals surface area contributed by atoms with Gasteiger partial charge < -0.3 is 23.8 Å². The molecule has 6 nitrogen and oxygen atoms in total. The Bertz CT molecular complexity index is 1010. The number of carbonyl (C=O) groups is 1. The number of hydrogen-bond donors (Lipinski definition) is 0. The molecule has 0 unspecified atom stereocenters. The number of aromatic nitrogens is 1. The SMILES string of the molecule is CCCOc1c(Cl)cc(/C=C(\CC(=O)[O-])c2nc3ccccc3o2)cc1OCC. The third-order valence-corrected chi connectivity index (χ3v) is 4.31. The van der Waals surface area contributed by atoms with Crippen molar-refractivity contribution < 1.29 is 23.8 Å². The number of carboxylic acid groups (broad SMARTS) is 1. The van der Waals surface area contributed by atoms with Crippen molar-refractivity contribution in [3.8, 4) is 11.5 Å². The number of hydrogen-bond acceptors (Lipinski definition) is 6. The van der Waals surface area contributed by atoms with E-state index in [9.17, 15) is 9.90 Å². The molecule has 0 spiro atoms. The van der Waals surface area contributed by atoms with Gasteiger partial charge in [-0.15, -0.1) is 0 Å². The number of ether oxygens (including phenoxy) is 2. The molecule has 2 aromatic carbocycles. The standard InChI is InChI=1S/C22H22ClNO5/c1-3-9-28-21-16(23)11-14(12-19(21)27-4-2)10-15(13-20(25)26)22-24-17-7-5-6-8-18(17)29-22/h5-8,10-12H,3-4,9,13H2,1-2H3,(H,25,26)/p-1/b15-10+. The van der Waals surface area contributed by atoms with Crippen LogP contribution in [0.2, 0.25) is 5.02 Å². The molecule has 0 N–H and O–H groups in total. The molecule has 0 atom stereocenters. The van der Waals surface area contributed by atoms with Gasteiger partial charge >= 0.3 is 0 Å². The molecule has 1 aromatic heterocycles. The van der Waals surface area contributed by atoms with Gasteiger partial charge in [0.05, 0.1) is 18.2 Å². The van der Waals surface area contributed by atoms with Gasteiger partial charge in [0.15, 0.2) is 17.1 Å². The molecule has 3 rings (SSSR count). The van der Waals surface area contributed by atoms with Gasteiger partial charge in [0.25, 0.3) is 0 Å². The molecule has 0 aliphatic carbocycles. The first-order chi connectivity index (χ1) is 14.0. The second kappa shape index (κ2) is 9.47. The van der Waals surface area contributed by atoms with Crippen molar-refractivity contribution in [3.63, 3.8) is 0 Å². The Morgan fingerprint density at radius 3 is 2.72 bits per heavy atom. The van der Waals surface area contributed by atoms with Crippen LogP contribution in [0.25, 0.3) is 22.7 Å². The predicted molar refractivity (Wildman–Crippen MR) is 110 cm³/mol. The van der Waals surface area contributed by atoms with E-state index < -0.39 is 5.97 Å². The number of para-hydroxylation sites is 2. The van der Waals surface area contributed by atoms with Crippen LogP contribution in [0.5, 0.6) is 11.5 Å². The molecule has 7 heteroatoms. The minimum atomic E-state index is -1.24. The molecule has 0 saturated carbocycles. The summed E-state index contributed by atoms with van der Waals surface area (Å²) in [5, 5.41) is 11.7. The summed E-state index contributed by atoms with van der Waals surface area (Å²) in [7, 11) is 0. The quantitative estimate of drug-likeness (QED) is 0.517. The van der Waals surface area contributed by atoms with Crippen LogP contribution in [0.1, 0.15) is 38.1 Å². The summed E-state index contributed by atoms with van der Waals surface area (Å²) in [5.41, 5.74) is 2.22. The molecular formula is C22H21ClNO5-. The van der Waals surface area contributed by atoms with Crippen molar-refractivity contribution in [2.24, 2.45) is 0 Å². The summed E-state index contributed by atoms with van der Waals surface area (Å²) in [5.74, 6) is -0.0609. The van der Waals surface area contributed by atoms with Gasteiger partial charge in [-0.05, 0) is 49.2 Å². The average molecular weight is 415 g/mol. The second-order valence-electron chi connectivity index (χ2n) is 6.32. The molecule has 152 valence electrons. The molecule has 0 aliphatic heterocycles. The lowest BCUT2D eigenvalue weighted by molar-refractivity contribution is -0.304. The largest absolute Gasteiger partial charge is 0.550 e. The zero-order valence-corrected chi connectivity index (χ0v) is 17.0. The molecule has 29 heavy (non-hydrogen) atoms. The normalized spacial score (nSPS) is 11.6. The van der Waals surface area contributed by atoms with Crippen molar-refractivity contribution in [2.75, 3.05) is 13.2 Å². The fourth-order valence-electron chi connectivity index (χ4n) is 2.83. The minimum Gasteiger partial charge on any atom is -0.550 e. The topological polar surface area (TPSA) is 84.6 Å². The van der Waals surface area contributed by atoms with E-state index in [0.717, 1.165) is 6.42 Å². The highest BCUT2D eigenvalue weighted by Gasteiger charge is 2.15. The first kappa shape index (κ1) is 20.7. The summed E-state index contributed by atoms with van der Waals surface area (Å²) in [6, 6.07) is 10.7. The zero-order valence-electron chi connectivity index (χ0n) is 16.2. The second-order valence-corrected chi connectivity index (χ2v) is 6.72. The van der Waals surface area contributed by atoms with Crippen molar-refractivity contribution in [1.82, 2.24) is 4.98 Å². The molecule has 0 bridgehead atoms. The lowest BCUT2D eigenvalue weighted by Gasteiger charge is -2.14. The van der Waals surface area contributed by atoms with Gasteiger partial charge in [-0.1, -0.05) is 30.7 Å². The van der Waals surface area contributed by atoms with E-state index in [1.165, 1.54) is 0 Å². The van der Waals surface area contributed by atoms with E-state index in [0.29, 0.717) is 52.0 Å². The van der Waals surface area contributed by atoms with Crippen LogP contribution >= 0.6 is 11.6 Å². The Morgan fingerprint density at radius 2 is 2.03 bits per heavy atom.